The molecule has 1 fully saturated rings. The number of ether oxygens (including phenoxy) is 1. The van der Waals surface area contributed by atoms with Crippen LogP contribution in [0, 0.1) is 0 Å². The maximum atomic E-state index is 12.7. The van der Waals surface area contributed by atoms with Crippen molar-refractivity contribution in [2.24, 2.45) is 0 Å². The lowest BCUT2D eigenvalue weighted by Gasteiger charge is -2.34. The van der Waals surface area contributed by atoms with Crippen LogP contribution in [0.3, 0.4) is 0 Å². The zero-order valence-electron chi connectivity index (χ0n) is 13.8. The summed E-state index contributed by atoms with van der Waals surface area (Å²) in [5.74, 6) is 0.381. The van der Waals surface area contributed by atoms with Crippen molar-refractivity contribution in [1.29, 1.82) is 0 Å². The van der Waals surface area contributed by atoms with Gasteiger partial charge < -0.3 is 9.64 Å². The number of benzene rings is 2. The number of amides is 1. The summed E-state index contributed by atoms with van der Waals surface area (Å²) in [6, 6.07) is 17.8. The highest BCUT2D eigenvalue weighted by Crippen LogP contribution is 2.29. The molecule has 0 bridgehead atoms. The van der Waals surface area contributed by atoms with Crippen molar-refractivity contribution in [3.05, 3.63) is 70.7 Å². The molecule has 2 atom stereocenters. The second-order valence-corrected chi connectivity index (χ2v) is 6.64. The molecule has 0 aliphatic carbocycles. The Morgan fingerprint density at radius 2 is 1.92 bits per heavy atom. The van der Waals surface area contributed by atoms with Crippen LogP contribution in [0.1, 0.15) is 36.5 Å². The van der Waals surface area contributed by atoms with Crippen molar-refractivity contribution < 1.29 is 9.53 Å². The molecular weight excluding hydrogens is 322 g/mol. The minimum Gasteiger partial charge on any atom is -0.370 e. The summed E-state index contributed by atoms with van der Waals surface area (Å²) >= 11 is 6.27. The Bertz CT molecular complexity index is 689. The number of hydrogen-bond donors (Lipinski definition) is 0. The first-order valence-corrected chi connectivity index (χ1v) is 8.71. The highest BCUT2D eigenvalue weighted by molar-refractivity contribution is 6.31. The summed E-state index contributed by atoms with van der Waals surface area (Å²) in [4.78, 5) is 14.6. The topological polar surface area (TPSA) is 29.5 Å². The molecular formula is C20H22ClNO2. The molecule has 0 radical (unpaired) electrons. The van der Waals surface area contributed by atoms with Gasteiger partial charge in [0.1, 0.15) is 6.10 Å². The molecule has 2 aromatic rings. The van der Waals surface area contributed by atoms with Crippen LogP contribution in [0.25, 0.3) is 0 Å². The molecule has 1 saturated heterocycles. The average molecular weight is 344 g/mol. The van der Waals surface area contributed by atoms with Crippen molar-refractivity contribution in [3.63, 3.8) is 0 Å². The molecule has 2 aromatic carbocycles. The molecule has 3 rings (SSSR count). The summed E-state index contributed by atoms with van der Waals surface area (Å²) in [6.07, 6.45) is 0.364. The van der Waals surface area contributed by atoms with Crippen molar-refractivity contribution in [3.8, 4) is 0 Å². The van der Waals surface area contributed by atoms with E-state index in [4.69, 9.17) is 16.3 Å². The Labute approximate surface area is 148 Å². The largest absolute Gasteiger partial charge is 0.370 e. The van der Waals surface area contributed by atoms with E-state index in [1.54, 1.807) is 0 Å². The first kappa shape index (κ1) is 17.0. The molecule has 0 N–H and O–H groups in total. The van der Waals surface area contributed by atoms with E-state index in [0.29, 0.717) is 31.1 Å². The molecule has 2 unspecified atom stereocenters. The Hall–Kier alpha value is -1.84. The molecule has 4 heteroatoms. The number of morpholine rings is 1. The van der Waals surface area contributed by atoms with Crippen LogP contribution < -0.4 is 0 Å². The number of carbonyl (C=O) groups excluding carboxylic acids is 1. The molecule has 0 saturated carbocycles. The second kappa shape index (κ2) is 7.82. The smallest absolute Gasteiger partial charge is 0.223 e. The van der Waals surface area contributed by atoms with Crippen LogP contribution in [-0.2, 0) is 9.53 Å². The number of nitrogens with zero attached hydrogens (tertiary/aromatic N) is 1. The van der Waals surface area contributed by atoms with Crippen molar-refractivity contribution in [1.82, 2.24) is 4.90 Å². The SMILES string of the molecule is CC(CC(=O)N1CCOC(c2ccccc2Cl)C1)c1ccccc1. The van der Waals surface area contributed by atoms with Gasteiger partial charge in [-0.3, -0.25) is 4.79 Å². The molecule has 24 heavy (non-hydrogen) atoms. The zero-order chi connectivity index (χ0) is 16.9. The van der Waals surface area contributed by atoms with Gasteiger partial charge in [-0.15, -0.1) is 0 Å². The molecule has 126 valence electrons. The highest BCUT2D eigenvalue weighted by atomic mass is 35.5. The van der Waals surface area contributed by atoms with Gasteiger partial charge in [-0.1, -0.05) is 67.1 Å². The van der Waals surface area contributed by atoms with Crippen molar-refractivity contribution in [2.45, 2.75) is 25.4 Å². The van der Waals surface area contributed by atoms with Gasteiger partial charge in [0.15, 0.2) is 0 Å². The fourth-order valence-electron chi connectivity index (χ4n) is 3.09. The van der Waals surface area contributed by atoms with Gasteiger partial charge in [0.25, 0.3) is 0 Å². The predicted octanol–water partition coefficient (Wildman–Crippen LogP) is 4.43. The van der Waals surface area contributed by atoms with E-state index in [1.165, 1.54) is 5.56 Å². The van der Waals surface area contributed by atoms with Crippen molar-refractivity contribution in [2.75, 3.05) is 19.7 Å². The van der Waals surface area contributed by atoms with Gasteiger partial charge in [-0.2, -0.15) is 0 Å². The summed E-state index contributed by atoms with van der Waals surface area (Å²) < 4.78 is 5.84. The van der Waals surface area contributed by atoms with Gasteiger partial charge >= 0.3 is 0 Å². The van der Waals surface area contributed by atoms with E-state index in [1.807, 2.05) is 47.4 Å². The lowest BCUT2D eigenvalue weighted by Crippen LogP contribution is -2.42. The first-order valence-electron chi connectivity index (χ1n) is 8.34. The minimum atomic E-state index is -0.150. The third-order valence-electron chi connectivity index (χ3n) is 4.52. The number of hydrogen-bond acceptors (Lipinski definition) is 2. The van der Waals surface area contributed by atoms with E-state index in [0.717, 1.165) is 5.56 Å². The maximum absolute atomic E-state index is 12.7. The predicted molar refractivity (Wildman–Crippen MR) is 96.2 cm³/mol. The number of rotatable bonds is 4. The summed E-state index contributed by atoms with van der Waals surface area (Å²) in [5.41, 5.74) is 2.15. The third-order valence-corrected chi connectivity index (χ3v) is 4.86. The van der Waals surface area contributed by atoms with Crippen LogP contribution in [0.4, 0.5) is 0 Å². The number of carbonyl (C=O) groups is 1. The van der Waals surface area contributed by atoms with E-state index < -0.39 is 0 Å². The Morgan fingerprint density at radius 3 is 2.67 bits per heavy atom. The highest BCUT2D eigenvalue weighted by Gasteiger charge is 2.27. The minimum absolute atomic E-state index is 0.150. The maximum Gasteiger partial charge on any atom is 0.223 e. The van der Waals surface area contributed by atoms with Crippen LogP contribution >= 0.6 is 11.6 Å². The zero-order valence-corrected chi connectivity index (χ0v) is 14.6. The molecule has 0 spiro atoms. The van der Waals surface area contributed by atoms with E-state index in [2.05, 4.69) is 19.1 Å². The Morgan fingerprint density at radius 1 is 1.21 bits per heavy atom. The molecule has 0 aromatic heterocycles. The van der Waals surface area contributed by atoms with Crippen LogP contribution in [0.5, 0.6) is 0 Å². The van der Waals surface area contributed by atoms with E-state index in [9.17, 15) is 4.79 Å². The van der Waals surface area contributed by atoms with E-state index in [-0.39, 0.29) is 17.9 Å². The normalized spacial score (nSPS) is 19.1. The Balaban J connectivity index is 1.64. The van der Waals surface area contributed by atoms with Crippen molar-refractivity contribution >= 4 is 17.5 Å². The summed E-state index contributed by atoms with van der Waals surface area (Å²) in [6.45, 7) is 3.84. The van der Waals surface area contributed by atoms with E-state index >= 15 is 0 Å². The third kappa shape index (κ3) is 3.97. The standard InChI is InChI=1S/C20H22ClNO2/c1-15(16-7-3-2-4-8-16)13-20(23)22-11-12-24-19(14-22)17-9-5-6-10-18(17)21/h2-10,15,19H,11-14H2,1H3. The fraction of sp³-hybridized carbons (Fsp3) is 0.350. The Kier molecular flexibility index (Phi) is 5.54. The first-order chi connectivity index (χ1) is 11.6. The van der Waals surface area contributed by atoms with Crippen LogP contribution in [0.15, 0.2) is 54.6 Å². The quantitative estimate of drug-likeness (QED) is 0.821. The molecule has 1 aliphatic heterocycles. The molecule has 1 heterocycles. The second-order valence-electron chi connectivity index (χ2n) is 6.24. The van der Waals surface area contributed by atoms with Gasteiger partial charge in [0.2, 0.25) is 5.91 Å². The van der Waals surface area contributed by atoms with Gasteiger partial charge in [0, 0.05) is 23.6 Å². The molecule has 3 nitrogen and oxygen atoms in total. The lowest BCUT2D eigenvalue weighted by molar-refractivity contribution is -0.139. The van der Waals surface area contributed by atoms with Gasteiger partial charge in [0.05, 0.1) is 13.2 Å². The number of halogens is 1. The summed E-state index contributed by atoms with van der Waals surface area (Å²) in [7, 11) is 0. The average Bonchev–Trinajstić information content (AvgIpc) is 2.63. The lowest BCUT2D eigenvalue weighted by atomic mass is 9.97. The molecule has 1 amide bonds. The van der Waals surface area contributed by atoms with Gasteiger partial charge in [-0.05, 0) is 17.5 Å². The van der Waals surface area contributed by atoms with Crippen LogP contribution in [0.2, 0.25) is 5.02 Å². The molecule has 1 aliphatic rings. The summed E-state index contributed by atoms with van der Waals surface area (Å²) in [5, 5.41) is 0.689. The van der Waals surface area contributed by atoms with Crippen LogP contribution in [-0.4, -0.2) is 30.5 Å². The fourth-order valence-corrected chi connectivity index (χ4v) is 3.35. The van der Waals surface area contributed by atoms with Gasteiger partial charge in [-0.25, -0.2) is 0 Å². The monoisotopic (exact) mass is 343 g/mol.